The number of piperidine rings is 1. The fourth-order valence-electron chi connectivity index (χ4n) is 4.01. The monoisotopic (exact) mass is 389 g/mol. The van der Waals surface area contributed by atoms with Crippen LogP contribution in [0.3, 0.4) is 0 Å². The van der Waals surface area contributed by atoms with E-state index >= 15 is 0 Å². The van der Waals surface area contributed by atoms with Crippen LogP contribution in [0.5, 0.6) is 11.5 Å². The Morgan fingerprint density at radius 3 is 2.71 bits per heavy atom. The van der Waals surface area contributed by atoms with Gasteiger partial charge in [-0.3, -0.25) is 10.2 Å². The number of hydrogen-bond donors (Lipinski definition) is 3. The quantitative estimate of drug-likeness (QED) is 0.752. The van der Waals surface area contributed by atoms with Crippen LogP contribution in [0.1, 0.15) is 28.4 Å². The van der Waals surface area contributed by atoms with Crippen LogP contribution in [-0.2, 0) is 0 Å². The molecule has 2 aromatic rings. The molecule has 6 nitrogen and oxygen atoms in total. The van der Waals surface area contributed by atoms with E-state index in [0.29, 0.717) is 30.8 Å². The summed E-state index contributed by atoms with van der Waals surface area (Å²) in [5, 5.41) is 10.2. The van der Waals surface area contributed by atoms with Gasteiger partial charge in [-0.05, 0) is 36.2 Å². The molecule has 0 aromatic heterocycles. The Balaban J connectivity index is 1.54. The summed E-state index contributed by atoms with van der Waals surface area (Å²) in [5.41, 5.74) is 7.18. The summed E-state index contributed by atoms with van der Waals surface area (Å²) in [4.78, 5) is 14.6. The lowest BCUT2D eigenvalue weighted by atomic mass is 9.85. The third-order valence-corrected chi connectivity index (χ3v) is 5.54. The van der Waals surface area contributed by atoms with E-state index in [0.717, 1.165) is 6.07 Å². The van der Waals surface area contributed by atoms with E-state index in [1.165, 1.54) is 19.2 Å². The number of rotatable bonds is 3. The fraction of sp³-hybridized carbons (Fsp3) is 0.350. The number of phenolic OH excluding ortho intramolecular Hbond substituents is 1. The van der Waals surface area contributed by atoms with Crippen molar-refractivity contribution in [3.63, 3.8) is 0 Å². The Hall–Kier alpha value is -2.71. The SMILES string of the molecule is COc1ccc(C(=O)N2CCC3NNC(c4ccc(F)c(F)c4)C3C2)c(O)c1. The number of likely N-dealkylation sites (tertiary alicyclic amines) is 1. The number of phenols is 1. The summed E-state index contributed by atoms with van der Waals surface area (Å²) in [6.45, 7) is 0.962. The summed E-state index contributed by atoms with van der Waals surface area (Å²) in [5.74, 6) is -1.73. The number of halogens is 2. The molecule has 0 bridgehead atoms. The molecule has 3 N–H and O–H groups in total. The van der Waals surface area contributed by atoms with Crippen molar-refractivity contribution in [1.82, 2.24) is 15.8 Å². The molecule has 2 aliphatic rings. The van der Waals surface area contributed by atoms with Gasteiger partial charge in [0.2, 0.25) is 0 Å². The topological polar surface area (TPSA) is 73.8 Å². The molecule has 0 saturated carbocycles. The Morgan fingerprint density at radius 2 is 2.00 bits per heavy atom. The average molecular weight is 389 g/mol. The van der Waals surface area contributed by atoms with Crippen LogP contribution in [-0.4, -0.2) is 42.2 Å². The van der Waals surface area contributed by atoms with Crippen LogP contribution in [0.15, 0.2) is 36.4 Å². The molecular formula is C20H21F2N3O3. The number of fused-ring (bicyclic) bond motifs is 1. The van der Waals surface area contributed by atoms with Gasteiger partial charge in [-0.1, -0.05) is 6.07 Å². The molecule has 2 fully saturated rings. The van der Waals surface area contributed by atoms with Crippen molar-refractivity contribution < 1.29 is 23.4 Å². The Morgan fingerprint density at radius 1 is 1.18 bits per heavy atom. The highest BCUT2D eigenvalue weighted by Gasteiger charge is 2.42. The third-order valence-electron chi connectivity index (χ3n) is 5.54. The molecule has 28 heavy (non-hydrogen) atoms. The van der Waals surface area contributed by atoms with Crippen molar-refractivity contribution in [2.75, 3.05) is 20.2 Å². The standard InChI is InChI=1S/C20H21F2N3O3/c1-28-12-3-4-13(18(26)9-12)20(27)25-7-6-17-14(10-25)19(24-23-17)11-2-5-15(21)16(22)8-11/h2-5,8-9,14,17,19,23-24,26H,6-7,10H2,1H3. The minimum absolute atomic E-state index is 0.0112. The molecule has 2 heterocycles. The molecule has 3 atom stereocenters. The minimum Gasteiger partial charge on any atom is -0.507 e. The second-order valence-electron chi connectivity index (χ2n) is 7.13. The Bertz CT molecular complexity index is 908. The lowest BCUT2D eigenvalue weighted by Gasteiger charge is -2.36. The molecule has 4 rings (SSSR count). The van der Waals surface area contributed by atoms with Crippen molar-refractivity contribution in [1.29, 1.82) is 0 Å². The molecule has 1 amide bonds. The molecule has 0 spiro atoms. The lowest BCUT2D eigenvalue weighted by Crippen LogP contribution is -2.47. The van der Waals surface area contributed by atoms with Crippen molar-refractivity contribution in [2.45, 2.75) is 18.5 Å². The molecule has 3 unspecified atom stereocenters. The first-order chi connectivity index (χ1) is 13.5. The Kier molecular flexibility index (Phi) is 4.91. The summed E-state index contributed by atoms with van der Waals surface area (Å²) < 4.78 is 32.0. The van der Waals surface area contributed by atoms with E-state index in [-0.39, 0.29) is 35.2 Å². The van der Waals surface area contributed by atoms with Crippen LogP contribution in [0.25, 0.3) is 0 Å². The molecule has 2 aromatic carbocycles. The largest absolute Gasteiger partial charge is 0.507 e. The van der Waals surface area contributed by atoms with E-state index in [1.807, 2.05) is 0 Å². The first kappa shape index (κ1) is 18.6. The Labute approximate surface area is 161 Å². The average Bonchev–Trinajstić information content (AvgIpc) is 3.12. The normalized spacial score (nSPS) is 24.1. The predicted octanol–water partition coefficient (Wildman–Crippen LogP) is 2.36. The maximum absolute atomic E-state index is 13.7. The number of benzene rings is 2. The minimum atomic E-state index is -0.894. The highest BCUT2D eigenvalue weighted by atomic mass is 19.2. The molecule has 8 heteroatoms. The van der Waals surface area contributed by atoms with Crippen molar-refractivity contribution in [3.8, 4) is 11.5 Å². The van der Waals surface area contributed by atoms with Gasteiger partial charge in [0.05, 0.1) is 18.7 Å². The number of aromatic hydroxyl groups is 1. The van der Waals surface area contributed by atoms with Gasteiger partial charge in [-0.2, -0.15) is 0 Å². The van der Waals surface area contributed by atoms with Crippen LogP contribution >= 0.6 is 0 Å². The summed E-state index contributed by atoms with van der Waals surface area (Å²) >= 11 is 0. The number of hydrogen-bond acceptors (Lipinski definition) is 5. The summed E-state index contributed by atoms with van der Waals surface area (Å²) in [6, 6.07) is 8.29. The molecule has 0 radical (unpaired) electrons. The van der Waals surface area contributed by atoms with E-state index in [1.54, 1.807) is 23.1 Å². The first-order valence-corrected chi connectivity index (χ1v) is 9.10. The molecule has 2 aliphatic heterocycles. The number of nitrogens with one attached hydrogen (secondary N) is 2. The maximum atomic E-state index is 13.7. The number of nitrogens with zero attached hydrogens (tertiary/aromatic N) is 1. The number of carbonyl (C=O) groups excluding carboxylic acids is 1. The number of methoxy groups -OCH3 is 1. The number of ether oxygens (including phenoxy) is 1. The van der Waals surface area contributed by atoms with Gasteiger partial charge in [0.25, 0.3) is 5.91 Å². The van der Waals surface area contributed by atoms with E-state index in [2.05, 4.69) is 10.9 Å². The summed E-state index contributed by atoms with van der Waals surface area (Å²) in [6.07, 6.45) is 0.709. The smallest absolute Gasteiger partial charge is 0.257 e. The van der Waals surface area contributed by atoms with E-state index < -0.39 is 11.6 Å². The molecule has 148 valence electrons. The number of hydrazine groups is 1. The zero-order valence-electron chi connectivity index (χ0n) is 15.3. The van der Waals surface area contributed by atoms with Crippen LogP contribution < -0.4 is 15.6 Å². The van der Waals surface area contributed by atoms with Crippen molar-refractivity contribution in [3.05, 3.63) is 59.2 Å². The second-order valence-corrected chi connectivity index (χ2v) is 7.13. The van der Waals surface area contributed by atoms with E-state index in [4.69, 9.17) is 4.74 Å². The van der Waals surface area contributed by atoms with Crippen LogP contribution in [0, 0.1) is 17.6 Å². The zero-order chi connectivity index (χ0) is 19.8. The number of carbonyl (C=O) groups is 1. The van der Waals surface area contributed by atoms with Crippen molar-refractivity contribution in [2.24, 2.45) is 5.92 Å². The number of amides is 1. The van der Waals surface area contributed by atoms with Gasteiger partial charge >= 0.3 is 0 Å². The molecule has 2 saturated heterocycles. The van der Waals surface area contributed by atoms with Gasteiger partial charge < -0.3 is 14.7 Å². The molecule has 0 aliphatic carbocycles. The highest BCUT2D eigenvalue weighted by molar-refractivity contribution is 5.97. The van der Waals surface area contributed by atoms with Gasteiger partial charge in [-0.25, -0.2) is 14.2 Å². The van der Waals surface area contributed by atoms with Gasteiger partial charge in [0.15, 0.2) is 11.6 Å². The van der Waals surface area contributed by atoms with Crippen molar-refractivity contribution >= 4 is 5.91 Å². The fourth-order valence-corrected chi connectivity index (χ4v) is 4.01. The van der Waals surface area contributed by atoms with Crippen LogP contribution in [0.4, 0.5) is 8.78 Å². The predicted molar refractivity (Wildman–Crippen MR) is 97.8 cm³/mol. The van der Waals surface area contributed by atoms with Gasteiger partial charge in [0.1, 0.15) is 11.5 Å². The van der Waals surface area contributed by atoms with Gasteiger partial charge in [-0.15, -0.1) is 0 Å². The third kappa shape index (κ3) is 3.29. The summed E-state index contributed by atoms with van der Waals surface area (Å²) in [7, 11) is 1.49. The highest BCUT2D eigenvalue weighted by Crippen LogP contribution is 2.35. The molecular weight excluding hydrogens is 368 g/mol. The first-order valence-electron chi connectivity index (χ1n) is 9.10. The lowest BCUT2D eigenvalue weighted by molar-refractivity contribution is 0.0649. The van der Waals surface area contributed by atoms with E-state index in [9.17, 15) is 18.7 Å². The van der Waals surface area contributed by atoms with Gasteiger partial charge in [0, 0.05) is 31.1 Å². The van der Waals surface area contributed by atoms with Crippen LogP contribution in [0.2, 0.25) is 0 Å². The second kappa shape index (κ2) is 7.37. The zero-order valence-corrected chi connectivity index (χ0v) is 15.3. The maximum Gasteiger partial charge on any atom is 0.257 e.